The van der Waals surface area contributed by atoms with Crippen molar-refractivity contribution in [2.45, 2.75) is 19.5 Å². The van der Waals surface area contributed by atoms with Crippen LogP contribution in [0.5, 0.6) is 0 Å². The van der Waals surface area contributed by atoms with Crippen LogP contribution in [0.25, 0.3) is 0 Å². The SMILES string of the molecule is CC1COCCN1Cc1cc(F)c(Br)cc1F. The lowest BCUT2D eigenvalue weighted by molar-refractivity contribution is -0.00484. The normalized spacial score (nSPS) is 21.8. The van der Waals surface area contributed by atoms with E-state index in [9.17, 15) is 8.78 Å². The van der Waals surface area contributed by atoms with Crippen molar-refractivity contribution in [1.82, 2.24) is 4.90 Å². The van der Waals surface area contributed by atoms with Crippen LogP contribution in [-0.2, 0) is 11.3 Å². The Balaban J connectivity index is 2.15. The number of nitrogens with zero attached hydrogens (tertiary/aromatic N) is 1. The minimum Gasteiger partial charge on any atom is -0.379 e. The fourth-order valence-corrected chi connectivity index (χ4v) is 2.22. The first-order valence-corrected chi connectivity index (χ1v) is 6.32. The fourth-order valence-electron chi connectivity index (χ4n) is 1.90. The molecule has 0 bridgehead atoms. The Bertz CT molecular complexity index is 414. The van der Waals surface area contributed by atoms with Gasteiger partial charge in [-0.05, 0) is 35.0 Å². The van der Waals surface area contributed by atoms with Crippen LogP contribution in [0.2, 0.25) is 0 Å². The molecule has 1 atom stereocenters. The number of rotatable bonds is 2. The first kappa shape index (κ1) is 12.9. The predicted molar refractivity (Wildman–Crippen MR) is 64.7 cm³/mol. The zero-order chi connectivity index (χ0) is 12.4. The van der Waals surface area contributed by atoms with Crippen molar-refractivity contribution in [3.8, 4) is 0 Å². The molecule has 0 spiro atoms. The highest BCUT2D eigenvalue weighted by molar-refractivity contribution is 9.10. The summed E-state index contributed by atoms with van der Waals surface area (Å²) in [5.74, 6) is -0.806. The first-order valence-electron chi connectivity index (χ1n) is 5.53. The molecule has 2 nitrogen and oxygen atoms in total. The van der Waals surface area contributed by atoms with Gasteiger partial charge in [-0.1, -0.05) is 0 Å². The molecule has 0 N–H and O–H groups in total. The van der Waals surface area contributed by atoms with E-state index in [0.29, 0.717) is 25.3 Å². The summed E-state index contributed by atoms with van der Waals surface area (Å²) in [7, 11) is 0. The highest BCUT2D eigenvalue weighted by atomic mass is 79.9. The van der Waals surface area contributed by atoms with E-state index >= 15 is 0 Å². The summed E-state index contributed by atoms with van der Waals surface area (Å²) in [6, 6.07) is 2.66. The van der Waals surface area contributed by atoms with E-state index in [0.717, 1.165) is 6.54 Å². The molecule has 1 heterocycles. The Hall–Kier alpha value is -0.520. The van der Waals surface area contributed by atoms with Crippen LogP contribution < -0.4 is 0 Å². The molecule has 2 rings (SSSR count). The largest absolute Gasteiger partial charge is 0.379 e. The van der Waals surface area contributed by atoms with E-state index in [4.69, 9.17) is 4.74 Å². The second-order valence-electron chi connectivity index (χ2n) is 4.25. The zero-order valence-corrected chi connectivity index (χ0v) is 11.1. The lowest BCUT2D eigenvalue weighted by Crippen LogP contribution is -2.43. The van der Waals surface area contributed by atoms with Crippen molar-refractivity contribution in [1.29, 1.82) is 0 Å². The third-order valence-corrected chi connectivity index (χ3v) is 3.58. The topological polar surface area (TPSA) is 12.5 Å². The maximum Gasteiger partial charge on any atom is 0.137 e. The molecule has 1 aliphatic heterocycles. The Labute approximate surface area is 108 Å². The van der Waals surface area contributed by atoms with Crippen molar-refractivity contribution < 1.29 is 13.5 Å². The fraction of sp³-hybridized carbons (Fsp3) is 0.500. The Morgan fingerprint density at radius 2 is 2.18 bits per heavy atom. The van der Waals surface area contributed by atoms with E-state index < -0.39 is 5.82 Å². The first-order chi connectivity index (χ1) is 8.08. The van der Waals surface area contributed by atoms with Crippen molar-refractivity contribution in [2.24, 2.45) is 0 Å². The van der Waals surface area contributed by atoms with Crippen molar-refractivity contribution in [2.75, 3.05) is 19.8 Å². The molecule has 5 heteroatoms. The minimum atomic E-state index is -0.428. The van der Waals surface area contributed by atoms with Gasteiger partial charge in [-0.15, -0.1) is 0 Å². The monoisotopic (exact) mass is 305 g/mol. The molecule has 0 aromatic heterocycles. The molecule has 0 radical (unpaired) electrons. The molecule has 1 aromatic carbocycles. The number of benzene rings is 1. The van der Waals surface area contributed by atoms with Crippen LogP contribution in [0, 0.1) is 11.6 Å². The average Bonchev–Trinajstić information content (AvgIpc) is 2.29. The van der Waals surface area contributed by atoms with Gasteiger partial charge in [0.25, 0.3) is 0 Å². The number of halogens is 3. The van der Waals surface area contributed by atoms with E-state index in [1.807, 2.05) is 6.92 Å². The van der Waals surface area contributed by atoms with Crippen LogP contribution >= 0.6 is 15.9 Å². The quantitative estimate of drug-likeness (QED) is 0.779. The molecule has 94 valence electrons. The lowest BCUT2D eigenvalue weighted by Gasteiger charge is -2.33. The van der Waals surface area contributed by atoms with Crippen molar-refractivity contribution in [3.05, 3.63) is 33.8 Å². The third-order valence-electron chi connectivity index (χ3n) is 2.97. The third kappa shape index (κ3) is 3.03. The molecule has 1 aliphatic rings. The average molecular weight is 306 g/mol. The molecule has 1 saturated heterocycles. The molecule has 17 heavy (non-hydrogen) atoms. The lowest BCUT2D eigenvalue weighted by atomic mass is 10.1. The number of hydrogen-bond acceptors (Lipinski definition) is 2. The highest BCUT2D eigenvalue weighted by Crippen LogP contribution is 2.22. The molecular weight excluding hydrogens is 292 g/mol. The van der Waals surface area contributed by atoms with Gasteiger partial charge in [0.1, 0.15) is 11.6 Å². The molecule has 0 saturated carbocycles. The smallest absolute Gasteiger partial charge is 0.137 e. The van der Waals surface area contributed by atoms with Gasteiger partial charge in [0.15, 0.2) is 0 Å². The zero-order valence-electron chi connectivity index (χ0n) is 9.55. The predicted octanol–water partition coefficient (Wildman–Crippen LogP) is 2.95. The number of hydrogen-bond donors (Lipinski definition) is 0. The Morgan fingerprint density at radius 3 is 2.88 bits per heavy atom. The summed E-state index contributed by atoms with van der Waals surface area (Å²) in [6.45, 7) is 4.47. The Kier molecular flexibility index (Phi) is 4.12. The summed E-state index contributed by atoms with van der Waals surface area (Å²) in [6.07, 6.45) is 0. The maximum atomic E-state index is 13.7. The van der Waals surface area contributed by atoms with Gasteiger partial charge in [0.05, 0.1) is 17.7 Å². The summed E-state index contributed by atoms with van der Waals surface area (Å²) in [5.41, 5.74) is 0.388. The van der Waals surface area contributed by atoms with Gasteiger partial charge in [-0.3, -0.25) is 4.90 Å². The second kappa shape index (κ2) is 5.42. The molecule has 0 amide bonds. The van der Waals surface area contributed by atoms with E-state index in [1.165, 1.54) is 12.1 Å². The second-order valence-corrected chi connectivity index (χ2v) is 5.11. The molecule has 1 unspecified atom stereocenters. The van der Waals surface area contributed by atoms with Gasteiger partial charge >= 0.3 is 0 Å². The van der Waals surface area contributed by atoms with Gasteiger partial charge in [-0.2, -0.15) is 0 Å². The summed E-state index contributed by atoms with van der Waals surface area (Å²) < 4.78 is 32.5. The van der Waals surface area contributed by atoms with Crippen LogP contribution in [0.15, 0.2) is 16.6 Å². The van der Waals surface area contributed by atoms with Gasteiger partial charge in [0, 0.05) is 24.7 Å². The van der Waals surface area contributed by atoms with Crippen LogP contribution in [-0.4, -0.2) is 30.7 Å². The number of morpholine rings is 1. The van der Waals surface area contributed by atoms with E-state index in [1.54, 1.807) is 0 Å². The van der Waals surface area contributed by atoms with E-state index in [-0.39, 0.29) is 16.3 Å². The summed E-state index contributed by atoms with van der Waals surface area (Å²) in [4.78, 5) is 2.09. The minimum absolute atomic E-state index is 0.161. The van der Waals surface area contributed by atoms with Gasteiger partial charge in [0.2, 0.25) is 0 Å². The number of ether oxygens (including phenoxy) is 1. The molecule has 0 aliphatic carbocycles. The van der Waals surface area contributed by atoms with Gasteiger partial charge < -0.3 is 4.74 Å². The Morgan fingerprint density at radius 1 is 1.41 bits per heavy atom. The highest BCUT2D eigenvalue weighted by Gasteiger charge is 2.20. The van der Waals surface area contributed by atoms with Crippen molar-refractivity contribution >= 4 is 15.9 Å². The van der Waals surface area contributed by atoms with Gasteiger partial charge in [-0.25, -0.2) is 8.78 Å². The molecular formula is C12H14BrF2NO. The molecule has 1 fully saturated rings. The van der Waals surface area contributed by atoms with E-state index in [2.05, 4.69) is 20.8 Å². The summed E-state index contributed by atoms with van der Waals surface area (Å²) in [5, 5.41) is 0. The molecule has 1 aromatic rings. The van der Waals surface area contributed by atoms with Crippen LogP contribution in [0.4, 0.5) is 8.78 Å². The van der Waals surface area contributed by atoms with Crippen molar-refractivity contribution in [3.63, 3.8) is 0 Å². The maximum absolute atomic E-state index is 13.7. The standard InChI is InChI=1S/C12H14BrF2NO/c1-8-7-17-3-2-16(8)6-9-4-12(15)10(13)5-11(9)14/h4-5,8H,2-3,6-7H2,1H3. The summed E-state index contributed by atoms with van der Waals surface area (Å²) >= 11 is 2.97. The van der Waals surface area contributed by atoms with Crippen LogP contribution in [0.1, 0.15) is 12.5 Å². The van der Waals surface area contributed by atoms with Crippen LogP contribution in [0.3, 0.4) is 0 Å².